The molecule has 0 atom stereocenters. The molecule has 0 radical (unpaired) electrons. The number of hydrogen-bond donors (Lipinski definition) is 0. The second kappa shape index (κ2) is 5.41. The normalized spacial score (nSPS) is 10.4. The molecule has 0 heterocycles. The number of carbonyl (C=O) groups excluding carboxylic acids is 1. The molecule has 0 rings (SSSR count). The molecule has 0 amide bonds. The van der Waals surface area contributed by atoms with Gasteiger partial charge in [-0.2, -0.15) is 10.2 Å². The largest absolute Gasteiger partial charge is 0.298 e. The fourth-order valence-corrected chi connectivity index (χ4v) is 0.320. The number of rotatable bonds is 4. The van der Waals surface area contributed by atoms with Crippen LogP contribution in [-0.4, -0.2) is 18.9 Å². The fraction of sp³-hybridized carbons (Fsp3) is 0.833. The van der Waals surface area contributed by atoms with Crippen molar-refractivity contribution in [3.8, 4) is 0 Å². The zero-order valence-corrected chi connectivity index (χ0v) is 5.92. The molecule has 0 aromatic heterocycles. The van der Waals surface area contributed by atoms with Crippen LogP contribution < -0.4 is 0 Å². The second-order valence-corrected chi connectivity index (χ2v) is 1.87. The van der Waals surface area contributed by atoms with Gasteiger partial charge in [-0.15, -0.1) is 0 Å². The van der Waals surface area contributed by atoms with Crippen molar-refractivity contribution in [2.75, 3.05) is 13.1 Å². The van der Waals surface area contributed by atoms with Crippen LogP contribution in [0.3, 0.4) is 0 Å². The minimum Gasteiger partial charge on any atom is -0.298 e. The van der Waals surface area contributed by atoms with Gasteiger partial charge in [-0.1, -0.05) is 6.92 Å². The van der Waals surface area contributed by atoms with E-state index >= 15 is 0 Å². The summed E-state index contributed by atoms with van der Waals surface area (Å²) in [5, 5.41) is 7.37. The Morgan fingerprint density at radius 3 is 2.56 bits per heavy atom. The van der Waals surface area contributed by atoms with Crippen molar-refractivity contribution in [2.45, 2.75) is 20.3 Å². The Morgan fingerprint density at radius 2 is 2.11 bits per heavy atom. The first-order chi connectivity index (χ1) is 4.27. The molecule has 0 aromatic carbocycles. The van der Waals surface area contributed by atoms with Crippen molar-refractivity contribution in [3.05, 3.63) is 0 Å². The van der Waals surface area contributed by atoms with Crippen molar-refractivity contribution in [3.63, 3.8) is 0 Å². The highest BCUT2D eigenvalue weighted by atomic mass is 16.1. The minimum atomic E-state index is 0.0647. The lowest BCUT2D eigenvalue weighted by Gasteiger charge is -1.83. The van der Waals surface area contributed by atoms with Gasteiger partial charge in [0.05, 0.1) is 6.54 Å². The van der Waals surface area contributed by atoms with Crippen LogP contribution in [0.5, 0.6) is 0 Å². The maximum atomic E-state index is 10.3. The lowest BCUT2D eigenvalue weighted by molar-refractivity contribution is -0.115. The molecule has 3 nitrogen and oxygen atoms in total. The topological polar surface area (TPSA) is 41.8 Å². The molecule has 0 saturated heterocycles. The van der Waals surface area contributed by atoms with Crippen molar-refractivity contribution in [1.82, 2.24) is 0 Å². The van der Waals surface area contributed by atoms with E-state index in [4.69, 9.17) is 0 Å². The van der Waals surface area contributed by atoms with Crippen LogP contribution in [0, 0.1) is 0 Å². The van der Waals surface area contributed by atoms with E-state index in [0.717, 1.165) is 13.0 Å². The van der Waals surface area contributed by atoms with Crippen molar-refractivity contribution < 1.29 is 4.79 Å². The van der Waals surface area contributed by atoms with Gasteiger partial charge < -0.3 is 0 Å². The highest BCUT2D eigenvalue weighted by molar-refractivity contribution is 5.77. The second-order valence-electron chi connectivity index (χ2n) is 1.87. The van der Waals surface area contributed by atoms with Crippen molar-refractivity contribution >= 4 is 5.78 Å². The first-order valence-corrected chi connectivity index (χ1v) is 3.10. The molecular formula is C6H12N2O. The summed E-state index contributed by atoms with van der Waals surface area (Å²) in [7, 11) is 0. The van der Waals surface area contributed by atoms with E-state index in [-0.39, 0.29) is 12.3 Å². The summed E-state index contributed by atoms with van der Waals surface area (Å²) >= 11 is 0. The van der Waals surface area contributed by atoms with Crippen LogP contribution in [0.15, 0.2) is 10.2 Å². The molecule has 0 fully saturated rings. The molecule has 0 aromatic rings. The molecular weight excluding hydrogens is 116 g/mol. The van der Waals surface area contributed by atoms with Crippen molar-refractivity contribution in [2.24, 2.45) is 10.2 Å². The third-order valence-corrected chi connectivity index (χ3v) is 0.717. The van der Waals surface area contributed by atoms with E-state index in [2.05, 4.69) is 10.2 Å². The van der Waals surface area contributed by atoms with Crippen LogP contribution in [0.4, 0.5) is 0 Å². The smallest absolute Gasteiger partial charge is 0.153 e. The summed E-state index contributed by atoms with van der Waals surface area (Å²) in [6.45, 7) is 4.49. The molecule has 0 saturated carbocycles. The van der Waals surface area contributed by atoms with E-state index in [0.29, 0.717) is 0 Å². The monoisotopic (exact) mass is 128 g/mol. The molecule has 3 heteroatoms. The number of nitrogens with zero attached hydrogens (tertiary/aromatic N) is 2. The Morgan fingerprint density at radius 1 is 1.44 bits per heavy atom. The van der Waals surface area contributed by atoms with Gasteiger partial charge in [0.25, 0.3) is 0 Å². The molecule has 9 heavy (non-hydrogen) atoms. The molecule has 0 aliphatic heterocycles. The van der Waals surface area contributed by atoms with E-state index in [9.17, 15) is 4.79 Å². The Bertz CT molecular complexity index is 110. The van der Waals surface area contributed by atoms with Crippen LogP contribution in [0.1, 0.15) is 20.3 Å². The number of hydrogen-bond acceptors (Lipinski definition) is 3. The number of azo groups is 1. The van der Waals surface area contributed by atoms with Gasteiger partial charge >= 0.3 is 0 Å². The lowest BCUT2D eigenvalue weighted by Crippen LogP contribution is -1.93. The minimum absolute atomic E-state index is 0.0647. The van der Waals surface area contributed by atoms with E-state index in [1.807, 2.05) is 6.92 Å². The Balaban J connectivity index is 3.14. The molecule has 0 aliphatic carbocycles. The Kier molecular flexibility index (Phi) is 4.97. The fourth-order valence-electron chi connectivity index (χ4n) is 0.320. The molecule has 0 aliphatic rings. The summed E-state index contributed by atoms with van der Waals surface area (Å²) in [4.78, 5) is 10.3. The standard InChI is InChI=1S/C6H12N2O/c1-3-4-7-8-5-6(2)9/h3-5H2,1-2H3. The number of ketones is 1. The van der Waals surface area contributed by atoms with Crippen LogP contribution in [0.2, 0.25) is 0 Å². The first-order valence-electron chi connectivity index (χ1n) is 3.10. The maximum Gasteiger partial charge on any atom is 0.153 e. The molecule has 0 N–H and O–H groups in total. The zero-order valence-electron chi connectivity index (χ0n) is 5.92. The first kappa shape index (κ1) is 8.27. The van der Waals surface area contributed by atoms with Gasteiger partial charge in [-0.05, 0) is 13.3 Å². The molecule has 0 unspecified atom stereocenters. The molecule has 0 spiro atoms. The molecule has 0 bridgehead atoms. The van der Waals surface area contributed by atoms with Crippen LogP contribution in [0.25, 0.3) is 0 Å². The molecule has 52 valence electrons. The van der Waals surface area contributed by atoms with Gasteiger partial charge in [0.1, 0.15) is 6.54 Å². The van der Waals surface area contributed by atoms with Crippen molar-refractivity contribution in [1.29, 1.82) is 0 Å². The maximum absolute atomic E-state index is 10.3. The van der Waals surface area contributed by atoms with Gasteiger partial charge in [0.2, 0.25) is 0 Å². The lowest BCUT2D eigenvalue weighted by atomic mass is 10.5. The number of carbonyl (C=O) groups is 1. The SMILES string of the molecule is CCCN=NCC(C)=O. The summed E-state index contributed by atoms with van der Waals surface area (Å²) in [5.41, 5.74) is 0. The summed E-state index contributed by atoms with van der Waals surface area (Å²) in [5.74, 6) is 0.0647. The quantitative estimate of drug-likeness (QED) is 0.528. The average Bonchev–Trinajstić information content (AvgIpc) is 1.80. The van der Waals surface area contributed by atoms with Gasteiger partial charge in [0.15, 0.2) is 5.78 Å². The summed E-state index contributed by atoms with van der Waals surface area (Å²) in [6.07, 6.45) is 0.988. The van der Waals surface area contributed by atoms with Gasteiger partial charge in [-0.25, -0.2) is 0 Å². The van der Waals surface area contributed by atoms with Gasteiger partial charge in [0, 0.05) is 0 Å². The van der Waals surface area contributed by atoms with E-state index < -0.39 is 0 Å². The van der Waals surface area contributed by atoms with Gasteiger partial charge in [-0.3, -0.25) is 4.79 Å². The average molecular weight is 128 g/mol. The third-order valence-electron chi connectivity index (χ3n) is 0.717. The van der Waals surface area contributed by atoms with Crippen LogP contribution in [-0.2, 0) is 4.79 Å². The summed E-state index contributed by atoms with van der Waals surface area (Å²) < 4.78 is 0. The third kappa shape index (κ3) is 7.27. The van der Waals surface area contributed by atoms with Crippen LogP contribution >= 0.6 is 0 Å². The highest BCUT2D eigenvalue weighted by Gasteiger charge is 1.85. The zero-order chi connectivity index (χ0) is 7.11. The predicted octanol–water partition coefficient (Wildman–Crippen LogP) is 1.44. The summed E-state index contributed by atoms with van der Waals surface area (Å²) in [6, 6.07) is 0. The predicted molar refractivity (Wildman–Crippen MR) is 35.6 cm³/mol. The Hall–Kier alpha value is -0.730. The van der Waals surface area contributed by atoms with E-state index in [1.165, 1.54) is 6.92 Å². The Labute approximate surface area is 55.2 Å². The van der Waals surface area contributed by atoms with E-state index in [1.54, 1.807) is 0 Å². The number of Topliss-reactive ketones (excluding diaryl/α,β-unsaturated/α-hetero) is 1. The highest BCUT2D eigenvalue weighted by Crippen LogP contribution is 1.80.